The minimum Gasteiger partial charge on any atom is -0.477 e. The van der Waals surface area contributed by atoms with E-state index >= 15 is 0 Å². The predicted octanol–water partition coefficient (Wildman–Crippen LogP) is -17.8. The Balaban J connectivity index is 1.46. The summed E-state index contributed by atoms with van der Waals surface area (Å²) in [4.78, 5) is 75.2. The van der Waals surface area contributed by atoms with Gasteiger partial charge in [0.2, 0.25) is 0 Å². The van der Waals surface area contributed by atoms with Crippen LogP contribution < -0.4 is 17.2 Å². The van der Waals surface area contributed by atoms with Crippen molar-refractivity contribution in [3.05, 3.63) is 0 Å². The lowest BCUT2D eigenvalue weighted by atomic mass is 9.91. The molecule has 0 amide bonds. The molecule has 7 aliphatic heterocycles. The SMILES string of the molecule is NCCOP(=O)(O)O[C@H]1[C@H](O)[C@@H]([C@@H](O)CO)O[C@H](O[C@@H]2[C@@H](O[C@@H]3[C@H](O)[C@@H](O[C@H]4[C@@H]([C@H](O)CO)O[C@@](O)(C(=O)O)C[C@H]4OP(=O)(O)OP(=O)(O)OCCN)O[C@H]([C@@H](O)CO)[C@H]3O[C@@H]3O[C@H](COP(=O)(O)O)[C@@H](O)[C@H](O)[C@H]3O)O[C@H]([C@H](CO)OP(=O)(O)OCCN)[C@@H](O)[C@@H]2O)[C@H]1O[C@@H]1O[C@H](CO)[C@@H](O[C@@H]2O[C@H](CO)[C@H](O)[C@H](O)[C@H]2O)[C@H](O)[C@H]1O. The number of aliphatic hydroxyl groups excluding tert-OH is 21. The molecule has 0 radical (unpaired) electrons. The fourth-order valence-corrected chi connectivity index (χ4v) is 17.2. The van der Waals surface area contributed by atoms with Crippen LogP contribution in [0.1, 0.15) is 6.42 Å². The molecular formula is C53H100N3O56P5. The zero-order valence-corrected chi connectivity index (χ0v) is 64.7. The quantitative estimate of drug-likeness (QED) is 0.0252. The van der Waals surface area contributed by atoms with Gasteiger partial charge in [0.15, 0.2) is 37.7 Å². The maximum Gasteiger partial charge on any atom is 0.481 e. The molecule has 0 aromatic heterocycles. The van der Waals surface area contributed by atoms with Gasteiger partial charge in [-0.2, -0.15) is 4.31 Å². The number of phosphoric acid groups is 5. The highest BCUT2D eigenvalue weighted by Gasteiger charge is 2.64. The van der Waals surface area contributed by atoms with Crippen LogP contribution in [0.4, 0.5) is 0 Å². The van der Waals surface area contributed by atoms with Gasteiger partial charge in [-0.25, -0.2) is 27.6 Å². The van der Waals surface area contributed by atoms with E-state index < -0.39 is 370 Å². The van der Waals surface area contributed by atoms with E-state index in [1.54, 1.807) is 0 Å². The van der Waals surface area contributed by atoms with Crippen LogP contribution in [0.2, 0.25) is 0 Å². The zero-order chi connectivity index (χ0) is 87.7. The van der Waals surface area contributed by atoms with Crippen molar-refractivity contribution in [2.24, 2.45) is 17.2 Å². The fourth-order valence-electron chi connectivity index (χ4n) is 12.7. The number of ether oxygens (including phenoxy) is 13. The Kier molecular flexibility index (Phi) is 38.4. The summed E-state index contributed by atoms with van der Waals surface area (Å²) in [6.45, 7) is -14.6. The number of nitrogens with two attached hydrogens (primary N) is 3. The second-order valence-electron chi connectivity index (χ2n) is 26.7. The largest absolute Gasteiger partial charge is 0.481 e. The summed E-state index contributed by atoms with van der Waals surface area (Å²) in [5.74, 6) is -6.26. The average molecular weight is 1830 g/mol. The van der Waals surface area contributed by atoms with Crippen molar-refractivity contribution in [3.8, 4) is 0 Å². The Labute approximate surface area is 657 Å². The molecule has 7 rings (SSSR count). The van der Waals surface area contributed by atoms with E-state index in [0.717, 1.165) is 0 Å². The minimum atomic E-state index is -6.40. The van der Waals surface area contributed by atoms with E-state index in [1.165, 1.54) is 0 Å². The van der Waals surface area contributed by atoms with E-state index in [-0.39, 0.29) is 0 Å². The van der Waals surface area contributed by atoms with Crippen molar-refractivity contribution in [1.82, 2.24) is 0 Å². The van der Waals surface area contributed by atoms with Crippen molar-refractivity contribution >= 4 is 45.1 Å². The predicted molar refractivity (Wildman–Crippen MR) is 354 cm³/mol. The zero-order valence-electron chi connectivity index (χ0n) is 60.2. The van der Waals surface area contributed by atoms with Gasteiger partial charge in [-0.3, -0.25) is 31.7 Å². The molecule has 0 aliphatic carbocycles. The molecule has 0 aromatic rings. The molecule has 0 spiro atoms. The Morgan fingerprint density at radius 1 is 0.393 bits per heavy atom. The summed E-state index contributed by atoms with van der Waals surface area (Å²) < 4.78 is 180. The Morgan fingerprint density at radius 2 is 0.821 bits per heavy atom. The van der Waals surface area contributed by atoms with Crippen LogP contribution >= 0.6 is 39.1 Å². The number of hydrogen-bond donors (Lipinski definition) is 32. The van der Waals surface area contributed by atoms with Gasteiger partial charge in [0, 0.05) is 26.1 Å². The van der Waals surface area contributed by atoms with Crippen LogP contribution in [-0.2, 0) is 125 Å². The number of aliphatic hydroxyl groups is 22. The van der Waals surface area contributed by atoms with E-state index in [2.05, 4.69) is 13.4 Å². The standard InChI is InChI=1S/C53H100N3O56P5/c54-1-4-92-114(84,85)110-21(13-62)39-27(70)28(71)43(105-51-45(42(111-115(86,87)93-5-2-55)33(76)35(99-51)15(63)8-57)107-48-32(75)29(72)38(20(12-61)97-48)101-46-30(73)25(68)23(66)19(11-60)96-46)50(102-39)104-41-34(77)49(100-36(16(64)9-58)44(41)106-47-31(74)26(69)24(67)22(98-47)14-95-113(81,82)83)103-40-18(109-117(90,91)112-116(88,89)94-6-3-56)7-53(80,52(78)79)108-37(40)17(65)10-59/h15-51,57-77,80H,1-14,54-56H2,(H,78,79)(H,84,85)(H,86,87)(H,88,89)(H,90,91)(H2,81,82,83)/t15-,16-,17+,18+,19+,20+,21-,22+,23-,24+,25-,26-,27-,28-,29+,30+,31+,32+,33+,34-,35+,36+,37+,38+,39+,40+,41+,42-,43-,44+,45-,46-,47-,48-,49+,50+,51+,53+/m0/s1. The van der Waals surface area contributed by atoms with Gasteiger partial charge in [-0.1, -0.05) is 0 Å². The van der Waals surface area contributed by atoms with Crippen LogP contribution in [-0.4, -0.2) is 471 Å². The van der Waals surface area contributed by atoms with Crippen molar-refractivity contribution in [2.75, 3.05) is 85.7 Å². The van der Waals surface area contributed by atoms with Gasteiger partial charge in [-0.05, 0) is 0 Å². The van der Waals surface area contributed by atoms with Gasteiger partial charge in [-0.15, -0.1) is 0 Å². The summed E-state index contributed by atoms with van der Waals surface area (Å²) >= 11 is 0. The van der Waals surface area contributed by atoms with Crippen molar-refractivity contribution in [2.45, 2.75) is 239 Å². The average Bonchev–Trinajstić information content (AvgIpc) is 0.751. The molecule has 0 saturated carbocycles. The summed E-state index contributed by atoms with van der Waals surface area (Å²) in [6.07, 6.45) is -100. The maximum absolute atomic E-state index is 13.9. The summed E-state index contributed by atoms with van der Waals surface area (Å²) in [5, 5.41) is 258. The van der Waals surface area contributed by atoms with Crippen molar-refractivity contribution in [1.29, 1.82) is 0 Å². The summed E-state index contributed by atoms with van der Waals surface area (Å²) in [6, 6.07) is 0. The number of rotatable bonds is 43. The van der Waals surface area contributed by atoms with E-state index in [1.807, 2.05) is 0 Å². The molecule has 117 heavy (non-hydrogen) atoms. The molecule has 4 unspecified atom stereocenters. The summed E-state index contributed by atoms with van der Waals surface area (Å²) in [5.41, 5.74) is 16.2. The normalized spacial score (nSPS) is 43.1. The maximum atomic E-state index is 13.9. The number of carbonyl (C=O) groups is 1. The van der Waals surface area contributed by atoms with Crippen LogP contribution in [0.15, 0.2) is 0 Å². The molecule has 688 valence electrons. The molecule has 64 heteroatoms. The van der Waals surface area contributed by atoms with Crippen LogP contribution in [0.5, 0.6) is 0 Å². The number of phosphoric ester groups is 5. The third-order valence-electron chi connectivity index (χ3n) is 18.4. The third kappa shape index (κ3) is 25.9. The minimum absolute atomic E-state index is 0.534. The first-order valence-corrected chi connectivity index (χ1v) is 42.2. The Hall–Kier alpha value is -1.46. The molecule has 7 aliphatic rings. The number of hydrogen-bond acceptors (Lipinski definition) is 52. The first-order chi connectivity index (χ1) is 54.6. The molecule has 35 N–H and O–H groups in total. The molecular weight excluding hydrogens is 1730 g/mol. The molecule has 7 saturated heterocycles. The number of carboxylic acid groups (broad SMARTS) is 1. The fraction of sp³-hybridized carbons (Fsp3) is 0.981. The van der Waals surface area contributed by atoms with Gasteiger partial charge in [0.05, 0.1) is 66.1 Å². The molecule has 7 fully saturated rings. The third-order valence-corrected chi connectivity index (χ3v) is 23.6. The highest BCUT2D eigenvalue weighted by Crippen LogP contribution is 2.62. The molecule has 59 nitrogen and oxygen atoms in total. The Morgan fingerprint density at radius 3 is 1.35 bits per heavy atom. The van der Waals surface area contributed by atoms with E-state index in [9.17, 15) is 174 Å². The number of carboxylic acids is 1. The topological polar surface area (TPSA) is 961 Å². The van der Waals surface area contributed by atoms with Crippen molar-refractivity contribution < 1.29 is 272 Å². The molecule has 0 aromatic carbocycles. The summed E-state index contributed by atoms with van der Waals surface area (Å²) in [7, 11) is -29.3. The monoisotopic (exact) mass is 1830 g/mol. The highest BCUT2D eigenvalue weighted by molar-refractivity contribution is 7.61. The highest BCUT2D eigenvalue weighted by atomic mass is 31.3. The van der Waals surface area contributed by atoms with E-state index in [0.29, 0.717) is 0 Å². The van der Waals surface area contributed by atoms with Crippen LogP contribution in [0.25, 0.3) is 0 Å². The second-order valence-corrected chi connectivity index (χ2v) is 33.7. The lowest BCUT2D eigenvalue weighted by Crippen LogP contribution is -2.71. The number of aliphatic carboxylic acids is 1. The molecule has 42 atom stereocenters. The van der Waals surface area contributed by atoms with Crippen LogP contribution in [0, 0.1) is 0 Å². The van der Waals surface area contributed by atoms with Crippen molar-refractivity contribution in [3.63, 3.8) is 0 Å². The van der Waals surface area contributed by atoms with Gasteiger partial charge in [0.1, 0.15) is 189 Å². The smallest absolute Gasteiger partial charge is 0.477 e. The van der Waals surface area contributed by atoms with Gasteiger partial charge >= 0.3 is 45.1 Å². The first-order valence-electron chi connectivity index (χ1n) is 34.7. The second kappa shape index (κ2) is 43.8. The Bertz CT molecular complexity index is 3320. The van der Waals surface area contributed by atoms with Crippen LogP contribution in [0.3, 0.4) is 0 Å². The van der Waals surface area contributed by atoms with Gasteiger partial charge < -0.3 is 226 Å². The lowest BCUT2D eigenvalue weighted by Gasteiger charge is -2.53. The molecule has 7 heterocycles. The van der Waals surface area contributed by atoms with Gasteiger partial charge in [0.25, 0.3) is 5.79 Å². The first kappa shape index (κ1) is 103. The molecule has 0 bridgehead atoms. The lowest BCUT2D eigenvalue weighted by molar-refractivity contribution is -0.420. The van der Waals surface area contributed by atoms with E-state index in [4.69, 9.17) is 101 Å².